The smallest absolute Gasteiger partial charge is 0.349 e. The highest BCUT2D eigenvalue weighted by atomic mass is 16.6. The standard InChI is InChI=1S/C15H22O15/c1-5(17)13(25)30-11(12(23)24)10(9(22)6(18)4-16)29-8(21)3-15(28,14(26)27)2-7(19)20/h5-6,9-11,16-18,22,28H,2-4H2,1H3,(H,19,20)(H,23,24)(H,26,27)/t5?,6-,9-,10+,11-,15?/m1/s1. The number of aliphatic hydroxyl groups is 5. The fourth-order valence-corrected chi connectivity index (χ4v) is 2.02. The predicted octanol–water partition coefficient (Wildman–Crippen LogP) is -4.33. The Kier molecular flexibility index (Phi) is 10.3. The molecule has 30 heavy (non-hydrogen) atoms. The molecule has 0 bridgehead atoms. The number of carbonyl (C=O) groups is 5. The predicted molar refractivity (Wildman–Crippen MR) is 87.6 cm³/mol. The molecule has 0 radical (unpaired) electrons. The van der Waals surface area contributed by atoms with Gasteiger partial charge in [-0.25, -0.2) is 14.4 Å². The van der Waals surface area contributed by atoms with Gasteiger partial charge in [-0.1, -0.05) is 0 Å². The van der Waals surface area contributed by atoms with Crippen molar-refractivity contribution in [3.8, 4) is 0 Å². The van der Waals surface area contributed by atoms with Crippen molar-refractivity contribution in [3.05, 3.63) is 0 Å². The number of carboxylic acid groups (broad SMARTS) is 3. The van der Waals surface area contributed by atoms with Gasteiger partial charge in [0, 0.05) is 0 Å². The van der Waals surface area contributed by atoms with Gasteiger partial charge in [-0.2, -0.15) is 0 Å². The van der Waals surface area contributed by atoms with Gasteiger partial charge in [-0.3, -0.25) is 9.59 Å². The van der Waals surface area contributed by atoms with E-state index in [9.17, 15) is 44.4 Å². The molecule has 0 aromatic rings. The van der Waals surface area contributed by atoms with Gasteiger partial charge in [0.2, 0.25) is 6.10 Å². The van der Waals surface area contributed by atoms with Gasteiger partial charge in [0.15, 0.2) is 11.7 Å². The number of esters is 2. The molecule has 0 aliphatic carbocycles. The van der Waals surface area contributed by atoms with Gasteiger partial charge in [-0.05, 0) is 6.92 Å². The fraction of sp³-hybridized carbons (Fsp3) is 0.667. The van der Waals surface area contributed by atoms with Gasteiger partial charge in [-0.15, -0.1) is 0 Å². The summed E-state index contributed by atoms with van der Waals surface area (Å²) < 4.78 is 8.95. The van der Waals surface area contributed by atoms with Crippen LogP contribution in [0.5, 0.6) is 0 Å². The molecule has 0 saturated carbocycles. The molecule has 0 saturated heterocycles. The summed E-state index contributed by atoms with van der Waals surface area (Å²) in [6.07, 6.45) is -14.4. The summed E-state index contributed by atoms with van der Waals surface area (Å²) in [6.45, 7) is -0.288. The van der Waals surface area contributed by atoms with Crippen molar-refractivity contribution in [1.29, 1.82) is 0 Å². The first-order valence-electron chi connectivity index (χ1n) is 8.11. The zero-order chi connectivity index (χ0) is 23.8. The van der Waals surface area contributed by atoms with Crippen LogP contribution in [0.15, 0.2) is 0 Å². The average Bonchev–Trinajstić information content (AvgIpc) is 2.61. The molecule has 8 N–H and O–H groups in total. The number of aliphatic hydroxyl groups excluding tert-OH is 4. The van der Waals surface area contributed by atoms with Crippen LogP contribution in [0.25, 0.3) is 0 Å². The molecule has 0 aromatic heterocycles. The number of carboxylic acids is 3. The molecule has 0 amide bonds. The first-order chi connectivity index (χ1) is 13.7. The Hall–Kier alpha value is -2.85. The Labute approximate surface area is 167 Å². The highest BCUT2D eigenvalue weighted by molar-refractivity contribution is 5.88. The quantitative estimate of drug-likeness (QED) is 0.125. The molecule has 2 unspecified atom stereocenters. The minimum atomic E-state index is -3.18. The van der Waals surface area contributed by atoms with Gasteiger partial charge in [0.25, 0.3) is 0 Å². The van der Waals surface area contributed by atoms with Crippen LogP contribution in [0.3, 0.4) is 0 Å². The van der Waals surface area contributed by atoms with Crippen molar-refractivity contribution in [2.24, 2.45) is 0 Å². The molecule has 6 atom stereocenters. The molecule has 15 nitrogen and oxygen atoms in total. The van der Waals surface area contributed by atoms with E-state index < -0.39 is 85.4 Å². The van der Waals surface area contributed by atoms with Crippen LogP contribution in [-0.2, 0) is 33.4 Å². The summed E-state index contributed by atoms with van der Waals surface area (Å²) in [7, 11) is 0. The third-order valence-corrected chi connectivity index (χ3v) is 3.59. The van der Waals surface area contributed by atoms with Gasteiger partial charge < -0.3 is 50.3 Å². The van der Waals surface area contributed by atoms with Crippen LogP contribution in [0.4, 0.5) is 0 Å². The Morgan fingerprint density at radius 2 is 1.47 bits per heavy atom. The van der Waals surface area contributed by atoms with Crippen molar-refractivity contribution >= 4 is 29.8 Å². The maximum atomic E-state index is 12.0. The van der Waals surface area contributed by atoms with Crippen molar-refractivity contribution in [1.82, 2.24) is 0 Å². The van der Waals surface area contributed by atoms with Gasteiger partial charge >= 0.3 is 29.8 Å². The summed E-state index contributed by atoms with van der Waals surface area (Å²) in [4.78, 5) is 56.7. The number of hydrogen-bond donors (Lipinski definition) is 8. The summed E-state index contributed by atoms with van der Waals surface area (Å²) in [5.41, 5.74) is -3.18. The van der Waals surface area contributed by atoms with Crippen LogP contribution in [-0.4, -0.2) is 113 Å². The molecule has 172 valence electrons. The maximum absolute atomic E-state index is 12.0. The third kappa shape index (κ3) is 7.88. The lowest BCUT2D eigenvalue weighted by Crippen LogP contribution is -2.54. The second-order valence-corrected chi connectivity index (χ2v) is 6.15. The van der Waals surface area contributed by atoms with Crippen LogP contribution >= 0.6 is 0 Å². The molecule has 0 fully saturated rings. The number of carbonyl (C=O) groups excluding carboxylic acids is 2. The Morgan fingerprint density at radius 1 is 0.933 bits per heavy atom. The second-order valence-electron chi connectivity index (χ2n) is 6.15. The van der Waals surface area contributed by atoms with E-state index in [1.807, 2.05) is 0 Å². The van der Waals surface area contributed by atoms with E-state index in [-0.39, 0.29) is 0 Å². The second kappa shape index (κ2) is 11.4. The minimum Gasteiger partial charge on any atom is -0.481 e. The molecule has 0 rings (SSSR count). The fourth-order valence-electron chi connectivity index (χ4n) is 2.02. The van der Waals surface area contributed by atoms with E-state index in [4.69, 9.17) is 20.4 Å². The lowest BCUT2D eigenvalue weighted by Gasteiger charge is -2.31. The van der Waals surface area contributed by atoms with E-state index in [0.717, 1.165) is 6.92 Å². The van der Waals surface area contributed by atoms with E-state index in [0.29, 0.717) is 0 Å². The normalized spacial score (nSPS) is 18.1. The lowest BCUT2D eigenvalue weighted by atomic mass is 9.95. The Balaban J connectivity index is 5.84. The number of aliphatic carboxylic acids is 3. The Bertz CT molecular complexity index is 658. The highest BCUT2D eigenvalue weighted by Gasteiger charge is 2.46. The summed E-state index contributed by atoms with van der Waals surface area (Å²) in [5.74, 6) is -9.28. The molecule has 15 heteroatoms. The minimum absolute atomic E-state index is 0.889. The van der Waals surface area contributed by atoms with E-state index in [1.54, 1.807) is 0 Å². The van der Waals surface area contributed by atoms with Crippen molar-refractivity contribution in [2.45, 2.75) is 55.9 Å². The summed E-state index contributed by atoms with van der Waals surface area (Å²) >= 11 is 0. The zero-order valence-electron chi connectivity index (χ0n) is 15.4. The molecular weight excluding hydrogens is 420 g/mol. The maximum Gasteiger partial charge on any atom is 0.349 e. The SMILES string of the molecule is CC(O)C(=O)O[C@@H](C(=O)O)[C@@H](OC(=O)CC(O)(CC(=O)O)C(=O)O)[C@H](O)[C@H](O)CO. The first-order valence-corrected chi connectivity index (χ1v) is 8.11. The number of hydrogen-bond acceptors (Lipinski definition) is 12. The highest BCUT2D eigenvalue weighted by Crippen LogP contribution is 2.20. The molecule has 0 aromatic carbocycles. The topological polar surface area (TPSA) is 266 Å². The molecule has 0 aliphatic heterocycles. The monoisotopic (exact) mass is 442 g/mol. The molecular formula is C15H22O15. The molecule has 0 heterocycles. The van der Waals surface area contributed by atoms with E-state index >= 15 is 0 Å². The van der Waals surface area contributed by atoms with Gasteiger partial charge in [0.05, 0.1) is 19.4 Å². The molecule has 0 aliphatic rings. The third-order valence-electron chi connectivity index (χ3n) is 3.59. The van der Waals surface area contributed by atoms with Gasteiger partial charge in [0.1, 0.15) is 18.3 Å². The van der Waals surface area contributed by atoms with E-state index in [2.05, 4.69) is 9.47 Å². The first kappa shape index (κ1) is 27.1. The van der Waals surface area contributed by atoms with Crippen LogP contribution < -0.4 is 0 Å². The number of ether oxygens (including phenoxy) is 2. The van der Waals surface area contributed by atoms with Crippen molar-refractivity contribution in [2.75, 3.05) is 6.61 Å². The van der Waals surface area contributed by atoms with Crippen molar-refractivity contribution in [3.63, 3.8) is 0 Å². The average molecular weight is 442 g/mol. The van der Waals surface area contributed by atoms with E-state index in [1.165, 1.54) is 0 Å². The Morgan fingerprint density at radius 3 is 1.83 bits per heavy atom. The van der Waals surface area contributed by atoms with Crippen LogP contribution in [0, 0.1) is 0 Å². The van der Waals surface area contributed by atoms with Crippen LogP contribution in [0.2, 0.25) is 0 Å². The summed E-state index contributed by atoms with van der Waals surface area (Å²) in [5, 5.41) is 74.2. The number of rotatable bonds is 13. The molecule has 0 spiro atoms. The zero-order valence-corrected chi connectivity index (χ0v) is 15.4. The lowest BCUT2D eigenvalue weighted by molar-refractivity contribution is -0.200. The van der Waals surface area contributed by atoms with Crippen molar-refractivity contribution < 1.29 is 74.3 Å². The van der Waals surface area contributed by atoms with Crippen LogP contribution in [0.1, 0.15) is 19.8 Å². The summed E-state index contributed by atoms with van der Waals surface area (Å²) in [6, 6.07) is 0. The largest absolute Gasteiger partial charge is 0.481 e.